The van der Waals surface area contributed by atoms with Gasteiger partial charge < -0.3 is 5.32 Å². The van der Waals surface area contributed by atoms with Crippen molar-refractivity contribution in [1.29, 1.82) is 0 Å². The first-order chi connectivity index (χ1) is 11.7. The average molecular weight is 324 g/mol. The molecule has 3 rings (SSSR count). The predicted molar refractivity (Wildman–Crippen MR) is 95.6 cm³/mol. The van der Waals surface area contributed by atoms with Crippen LogP contribution in [-0.4, -0.2) is 52.9 Å². The van der Waals surface area contributed by atoms with Crippen molar-refractivity contribution in [2.45, 2.75) is 19.5 Å². The number of carbonyl (C=O) groups excluding carboxylic acids is 1. The van der Waals surface area contributed by atoms with Crippen molar-refractivity contribution in [2.24, 2.45) is 0 Å². The highest BCUT2D eigenvalue weighted by Crippen LogP contribution is 2.12. The molecule has 0 spiro atoms. The number of aromatic nitrogens is 1. The molecule has 2 heterocycles. The highest BCUT2D eigenvalue weighted by atomic mass is 16.2. The van der Waals surface area contributed by atoms with Gasteiger partial charge in [-0.1, -0.05) is 24.3 Å². The molecule has 126 valence electrons. The Kier molecular flexibility index (Phi) is 5.56. The van der Waals surface area contributed by atoms with Crippen LogP contribution in [0.4, 0.5) is 5.69 Å². The monoisotopic (exact) mass is 324 g/mol. The zero-order valence-corrected chi connectivity index (χ0v) is 14.1. The molecule has 5 nitrogen and oxygen atoms in total. The van der Waals surface area contributed by atoms with Crippen LogP contribution in [-0.2, 0) is 11.3 Å². The van der Waals surface area contributed by atoms with Gasteiger partial charge in [0.15, 0.2) is 0 Å². The Morgan fingerprint density at radius 3 is 2.46 bits per heavy atom. The van der Waals surface area contributed by atoms with Gasteiger partial charge in [-0.3, -0.25) is 19.6 Å². The van der Waals surface area contributed by atoms with Crippen molar-refractivity contribution in [3.8, 4) is 0 Å². The Labute approximate surface area is 143 Å². The summed E-state index contributed by atoms with van der Waals surface area (Å²) in [6, 6.07) is 15.5. The summed E-state index contributed by atoms with van der Waals surface area (Å²) in [5.74, 6) is 0.0550. The van der Waals surface area contributed by atoms with Crippen LogP contribution in [0.2, 0.25) is 0 Å². The van der Waals surface area contributed by atoms with E-state index in [1.165, 1.54) is 0 Å². The standard InChI is InChI=1S/C19H24N4O/c1-16(19(24)21-17-7-3-2-4-8-17)23-13-11-22(12-14-23)15-18-9-5-6-10-20-18/h2-10,16H,11-15H2,1H3,(H,21,24)/t16-/m1/s1. The summed E-state index contributed by atoms with van der Waals surface area (Å²) >= 11 is 0. The van der Waals surface area contributed by atoms with Gasteiger partial charge in [-0.15, -0.1) is 0 Å². The van der Waals surface area contributed by atoms with E-state index in [1.54, 1.807) is 0 Å². The van der Waals surface area contributed by atoms with Crippen molar-refractivity contribution < 1.29 is 4.79 Å². The van der Waals surface area contributed by atoms with E-state index >= 15 is 0 Å². The smallest absolute Gasteiger partial charge is 0.241 e. The molecule has 1 N–H and O–H groups in total. The number of nitrogens with zero attached hydrogens (tertiary/aromatic N) is 3. The van der Waals surface area contributed by atoms with Gasteiger partial charge in [0.2, 0.25) is 5.91 Å². The number of pyridine rings is 1. The van der Waals surface area contributed by atoms with Gasteiger partial charge in [-0.25, -0.2) is 0 Å². The van der Waals surface area contributed by atoms with Crippen LogP contribution in [0.25, 0.3) is 0 Å². The molecule has 1 aliphatic rings. The molecule has 5 heteroatoms. The van der Waals surface area contributed by atoms with Gasteiger partial charge in [0.1, 0.15) is 0 Å². The molecule has 0 aliphatic carbocycles. The molecule has 2 aromatic rings. The third-order valence-corrected chi connectivity index (χ3v) is 4.49. The van der Waals surface area contributed by atoms with E-state index in [1.807, 2.05) is 55.6 Å². The largest absolute Gasteiger partial charge is 0.325 e. The van der Waals surface area contributed by atoms with Gasteiger partial charge in [-0.05, 0) is 31.2 Å². The molecule has 1 atom stereocenters. The van der Waals surface area contributed by atoms with E-state index in [0.717, 1.165) is 44.1 Å². The second-order valence-corrected chi connectivity index (χ2v) is 6.16. The predicted octanol–water partition coefficient (Wildman–Crippen LogP) is 2.23. The Bertz CT molecular complexity index is 639. The fourth-order valence-electron chi connectivity index (χ4n) is 2.96. The first kappa shape index (κ1) is 16.6. The molecule has 0 unspecified atom stereocenters. The summed E-state index contributed by atoms with van der Waals surface area (Å²) in [6.07, 6.45) is 1.83. The summed E-state index contributed by atoms with van der Waals surface area (Å²) in [4.78, 5) is 21.4. The Hall–Kier alpha value is -2.24. The maximum Gasteiger partial charge on any atom is 0.241 e. The van der Waals surface area contributed by atoms with E-state index in [0.29, 0.717) is 0 Å². The molecule has 1 aromatic heterocycles. The Morgan fingerprint density at radius 2 is 1.79 bits per heavy atom. The van der Waals surface area contributed by atoms with Gasteiger partial charge in [0.05, 0.1) is 11.7 Å². The third kappa shape index (κ3) is 4.40. The molecule has 1 aromatic carbocycles. The van der Waals surface area contributed by atoms with Crippen molar-refractivity contribution in [1.82, 2.24) is 14.8 Å². The molecule has 1 aliphatic heterocycles. The number of rotatable bonds is 5. The summed E-state index contributed by atoms with van der Waals surface area (Å²) < 4.78 is 0. The van der Waals surface area contributed by atoms with Gasteiger partial charge >= 0.3 is 0 Å². The number of amides is 1. The lowest BCUT2D eigenvalue weighted by molar-refractivity contribution is -0.121. The molecule has 0 radical (unpaired) electrons. The maximum atomic E-state index is 12.4. The fourth-order valence-corrected chi connectivity index (χ4v) is 2.96. The van der Waals surface area contributed by atoms with Crippen LogP contribution in [0.15, 0.2) is 54.7 Å². The first-order valence-electron chi connectivity index (χ1n) is 8.44. The first-order valence-corrected chi connectivity index (χ1v) is 8.44. The summed E-state index contributed by atoms with van der Waals surface area (Å²) in [7, 11) is 0. The third-order valence-electron chi connectivity index (χ3n) is 4.49. The van der Waals surface area contributed by atoms with E-state index < -0.39 is 0 Å². The summed E-state index contributed by atoms with van der Waals surface area (Å²) in [6.45, 7) is 6.57. The van der Waals surface area contributed by atoms with Crippen LogP contribution in [0.5, 0.6) is 0 Å². The van der Waals surface area contributed by atoms with Crippen LogP contribution >= 0.6 is 0 Å². The summed E-state index contributed by atoms with van der Waals surface area (Å²) in [5.41, 5.74) is 1.95. The van der Waals surface area contributed by atoms with E-state index in [4.69, 9.17) is 0 Å². The van der Waals surface area contributed by atoms with Crippen molar-refractivity contribution in [3.63, 3.8) is 0 Å². The van der Waals surface area contributed by atoms with Crippen molar-refractivity contribution >= 4 is 11.6 Å². The number of nitrogens with one attached hydrogen (secondary N) is 1. The number of carbonyl (C=O) groups is 1. The SMILES string of the molecule is C[C@H](C(=O)Nc1ccccc1)N1CCN(Cc2ccccn2)CC1. The average Bonchev–Trinajstić information content (AvgIpc) is 2.63. The number of piperazine rings is 1. The van der Waals surface area contributed by atoms with Crippen molar-refractivity contribution in [2.75, 3.05) is 31.5 Å². The number of para-hydroxylation sites is 1. The lowest BCUT2D eigenvalue weighted by atomic mass is 10.2. The number of benzene rings is 1. The second kappa shape index (κ2) is 8.04. The quantitative estimate of drug-likeness (QED) is 0.916. The molecule has 0 bridgehead atoms. The molecule has 0 saturated carbocycles. The second-order valence-electron chi connectivity index (χ2n) is 6.16. The molecule has 1 saturated heterocycles. The molecular formula is C19H24N4O. The number of anilines is 1. The number of hydrogen-bond acceptors (Lipinski definition) is 4. The van der Waals surface area contributed by atoms with Gasteiger partial charge in [0, 0.05) is 44.6 Å². The van der Waals surface area contributed by atoms with Crippen LogP contribution in [0.3, 0.4) is 0 Å². The number of hydrogen-bond donors (Lipinski definition) is 1. The minimum absolute atomic E-state index is 0.0550. The molecule has 24 heavy (non-hydrogen) atoms. The Balaban J connectivity index is 1.48. The highest BCUT2D eigenvalue weighted by molar-refractivity contribution is 5.94. The topological polar surface area (TPSA) is 48.5 Å². The van der Waals surface area contributed by atoms with Crippen LogP contribution in [0.1, 0.15) is 12.6 Å². The molecule has 1 amide bonds. The normalized spacial score (nSPS) is 17.4. The highest BCUT2D eigenvalue weighted by Gasteiger charge is 2.25. The molecule has 1 fully saturated rings. The zero-order chi connectivity index (χ0) is 16.8. The maximum absolute atomic E-state index is 12.4. The van der Waals surface area contributed by atoms with Gasteiger partial charge in [-0.2, -0.15) is 0 Å². The van der Waals surface area contributed by atoms with E-state index in [-0.39, 0.29) is 11.9 Å². The minimum atomic E-state index is -0.123. The van der Waals surface area contributed by atoms with Gasteiger partial charge in [0.25, 0.3) is 0 Å². The zero-order valence-electron chi connectivity index (χ0n) is 14.1. The minimum Gasteiger partial charge on any atom is -0.325 e. The Morgan fingerprint density at radius 1 is 1.08 bits per heavy atom. The lowest BCUT2D eigenvalue weighted by Gasteiger charge is -2.37. The van der Waals surface area contributed by atoms with Crippen LogP contribution < -0.4 is 5.32 Å². The van der Waals surface area contributed by atoms with Crippen LogP contribution in [0, 0.1) is 0 Å². The summed E-state index contributed by atoms with van der Waals surface area (Å²) in [5, 5.41) is 2.99. The van der Waals surface area contributed by atoms with E-state index in [2.05, 4.69) is 26.2 Å². The van der Waals surface area contributed by atoms with Crippen molar-refractivity contribution in [3.05, 3.63) is 60.4 Å². The fraction of sp³-hybridized carbons (Fsp3) is 0.368. The van der Waals surface area contributed by atoms with E-state index in [9.17, 15) is 4.79 Å². The molecular weight excluding hydrogens is 300 g/mol. The lowest BCUT2D eigenvalue weighted by Crippen LogP contribution is -2.52.